The maximum Gasteiger partial charge on any atom is 0.278 e. The number of halogens is 1. The van der Waals surface area contributed by atoms with E-state index in [1.165, 1.54) is 21.8 Å². The SMILES string of the molecule is CN1CCCC12CCN(S(=O)(=O)c1nc(Br)nn1COCC[Si](C)(C)C)CC2.COc1cc(-c2ccc3c(c2N)CCO3)ccn1.COc1cc(-c2ccc3c(c2Nc2n[nH]c(S(=O)(=O)N4CCC5(CCCN5C)CC4)n2)CCO3)ccn1. The van der Waals surface area contributed by atoms with Gasteiger partial charge in [0.25, 0.3) is 30.4 Å². The van der Waals surface area contributed by atoms with Crippen LogP contribution >= 0.6 is 15.9 Å². The highest BCUT2D eigenvalue weighted by Crippen LogP contribution is 2.43. The number of aromatic nitrogens is 8. The molecule has 4 fully saturated rings. The van der Waals surface area contributed by atoms with Crippen molar-refractivity contribution in [2.75, 3.05) is 98.5 Å². The van der Waals surface area contributed by atoms with E-state index in [0.717, 1.165) is 120 Å². The molecule has 6 aliphatic rings. The van der Waals surface area contributed by atoms with Crippen molar-refractivity contribution in [3.05, 3.63) is 76.8 Å². The largest absolute Gasteiger partial charge is 0.493 e. The van der Waals surface area contributed by atoms with Crippen molar-refractivity contribution in [2.45, 2.75) is 118 Å². The number of hydrogen-bond donors (Lipinski definition) is 3. The maximum absolute atomic E-state index is 13.4. The van der Waals surface area contributed by atoms with Crippen molar-refractivity contribution in [3.63, 3.8) is 0 Å². The third-order valence-corrected chi connectivity index (χ3v) is 22.8. The Morgan fingerprint density at radius 2 is 1.27 bits per heavy atom. The van der Waals surface area contributed by atoms with E-state index in [1.807, 2.05) is 48.5 Å². The number of pyridine rings is 2. The van der Waals surface area contributed by atoms with E-state index >= 15 is 0 Å². The lowest BCUT2D eigenvalue weighted by atomic mass is 9.86. The van der Waals surface area contributed by atoms with Crippen LogP contribution in [0, 0.1) is 0 Å². The second-order valence-corrected chi connectivity index (χ2v) is 33.3. The number of H-pyrrole nitrogens is 1. The number of methoxy groups -OCH3 is 2. The molecule has 23 nitrogen and oxygen atoms in total. The lowest BCUT2D eigenvalue weighted by Crippen LogP contribution is -2.52. The molecule has 6 aromatic rings. The highest BCUT2D eigenvalue weighted by atomic mass is 79.9. The van der Waals surface area contributed by atoms with Gasteiger partial charge in [0, 0.05) is 117 Å². The Hall–Kier alpha value is -5.78. The normalized spacial score (nSPS) is 18.8. The summed E-state index contributed by atoms with van der Waals surface area (Å²) in [6.45, 7) is 13.0. The van der Waals surface area contributed by atoms with Crippen molar-refractivity contribution >= 4 is 61.4 Å². The monoisotopic (exact) mass is 1260 g/mol. The van der Waals surface area contributed by atoms with E-state index < -0.39 is 28.1 Å². The number of nitrogens with one attached hydrogen (secondary N) is 2. The van der Waals surface area contributed by atoms with Crippen LogP contribution in [0.25, 0.3) is 22.3 Å². The Bertz CT molecular complexity index is 3500. The van der Waals surface area contributed by atoms with Crippen LogP contribution in [0.15, 0.2) is 76.0 Å². The van der Waals surface area contributed by atoms with Crippen LogP contribution in [-0.2, 0) is 44.4 Å². The molecule has 0 unspecified atom stereocenters. The molecule has 4 N–H and O–H groups in total. The van der Waals surface area contributed by atoms with Gasteiger partial charge < -0.3 is 44.5 Å². The van der Waals surface area contributed by atoms with Gasteiger partial charge in [-0.15, -0.1) is 10.2 Å². The van der Waals surface area contributed by atoms with E-state index in [4.69, 9.17) is 29.4 Å². The fourth-order valence-electron chi connectivity index (χ4n) is 12.2. The van der Waals surface area contributed by atoms with E-state index in [1.54, 1.807) is 30.9 Å². The van der Waals surface area contributed by atoms with E-state index in [2.05, 4.69) is 100 Å². The summed E-state index contributed by atoms with van der Waals surface area (Å²) in [5.41, 5.74) is 14.0. The minimum absolute atomic E-state index is 0.0388. The molecule has 12 rings (SSSR count). The summed E-state index contributed by atoms with van der Waals surface area (Å²) >= 11 is 3.22. The summed E-state index contributed by atoms with van der Waals surface area (Å²) in [4.78, 5) is 21.6. The van der Waals surface area contributed by atoms with Crippen LogP contribution in [-0.4, -0.2) is 182 Å². The van der Waals surface area contributed by atoms with Gasteiger partial charge in [-0.1, -0.05) is 19.6 Å². The number of sulfonamides is 2. The van der Waals surface area contributed by atoms with Crippen molar-refractivity contribution in [1.29, 1.82) is 0 Å². The van der Waals surface area contributed by atoms with Crippen LogP contribution < -0.4 is 30.0 Å². The fraction of sp³-hybridized carbons (Fsp3) is 0.536. The fourth-order valence-corrected chi connectivity index (χ4v) is 16.1. The third kappa shape index (κ3) is 13.1. The van der Waals surface area contributed by atoms with E-state index in [9.17, 15) is 16.8 Å². The first kappa shape index (κ1) is 60.3. The number of benzene rings is 2. The molecule has 0 radical (unpaired) electrons. The number of likely N-dealkylation sites (tertiary alicyclic amines) is 2. The van der Waals surface area contributed by atoms with E-state index in [0.29, 0.717) is 64.2 Å². The number of aromatic amines is 1. The molecule has 0 atom stereocenters. The summed E-state index contributed by atoms with van der Waals surface area (Å²) in [5.74, 6) is 2.96. The predicted octanol–water partition coefficient (Wildman–Crippen LogP) is 7.68. The number of fused-ring (bicyclic) bond motifs is 2. The Labute approximate surface area is 496 Å². The first-order valence-electron chi connectivity index (χ1n) is 28.4. The third-order valence-electron chi connectivity index (χ3n) is 17.2. The standard InChI is InChI=1S/C25H31N7O4S.C17H32BrN5O3SSi.C14H14N2O2/c1-31-12-3-8-25(31)9-13-32(14-10-25)37(33,34)24-28-23(29-30-24)27-22-18(4-5-20-19(22)7-15-36-20)17-6-11-26-21(16-17)35-2;1-21-9-5-6-17(21)7-10-22(11-8-17)27(24,25)16-19-15(18)20-23(16)14-26-12-13-28(2,3)4;1-17-13-8-9(4-6-16-13)10-2-3-12-11(14(10)15)5-7-18-12/h4-6,11,16H,3,7-10,12-15H2,1-2H3,(H2,27,28,29,30);5-14H2,1-4H3;2-4,6,8H,5,7,15H2,1H3. The van der Waals surface area contributed by atoms with Crippen molar-refractivity contribution in [1.82, 2.24) is 58.3 Å². The van der Waals surface area contributed by atoms with Gasteiger partial charge in [-0.2, -0.15) is 18.6 Å². The first-order valence-corrected chi connectivity index (χ1v) is 35.7. The minimum atomic E-state index is -3.78. The minimum Gasteiger partial charge on any atom is -0.493 e. The topological polar surface area (TPSA) is 264 Å². The summed E-state index contributed by atoms with van der Waals surface area (Å²) in [6.07, 6.45) is 13.0. The molecule has 2 aromatic carbocycles. The van der Waals surface area contributed by atoms with Crippen LogP contribution in [0.1, 0.15) is 62.5 Å². The molecule has 10 heterocycles. The first-order chi connectivity index (χ1) is 39.7. The van der Waals surface area contributed by atoms with Gasteiger partial charge in [0.2, 0.25) is 22.4 Å². The Morgan fingerprint density at radius 3 is 1.82 bits per heavy atom. The molecule has 448 valence electrons. The molecule has 2 spiro atoms. The molecule has 0 amide bonds. The molecule has 4 aromatic heterocycles. The number of hydrogen-bond acceptors (Lipinski definition) is 19. The Balaban J connectivity index is 0.000000148. The van der Waals surface area contributed by atoms with Crippen molar-refractivity contribution in [3.8, 4) is 45.5 Å². The molecule has 4 saturated heterocycles. The second-order valence-electron chi connectivity index (χ2n) is 23.2. The lowest BCUT2D eigenvalue weighted by Gasteiger charge is -2.42. The average molecular weight is 1260 g/mol. The van der Waals surface area contributed by atoms with Crippen LogP contribution in [0.5, 0.6) is 23.3 Å². The van der Waals surface area contributed by atoms with Gasteiger partial charge in [0.1, 0.15) is 18.2 Å². The molecule has 0 bridgehead atoms. The molecule has 83 heavy (non-hydrogen) atoms. The summed E-state index contributed by atoms with van der Waals surface area (Å²) < 4.78 is 85.3. The summed E-state index contributed by atoms with van der Waals surface area (Å²) in [7, 11) is -1.20. The zero-order chi connectivity index (χ0) is 58.7. The number of ether oxygens (including phenoxy) is 5. The number of nitrogen functional groups attached to an aromatic ring is 1. The number of nitrogens with zero attached hydrogens (tertiary/aromatic N) is 11. The van der Waals surface area contributed by atoms with Gasteiger partial charge in [-0.3, -0.25) is 0 Å². The van der Waals surface area contributed by atoms with Crippen LogP contribution in [0.4, 0.5) is 17.3 Å². The number of nitrogens with two attached hydrogens (primary N) is 1. The zero-order valence-corrected chi connectivity index (χ0v) is 52.7. The van der Waals surface area contributed by atoms with Gasteiger partial charge >= 0.3 is 0 Å². The maximum atomic E-state index is 13.4. The molecule has 0 saturated carbocycles. The van der Waals surface area contributed by atoms with Crippen molar-refractivity contribution < 1.29 is 40.5 Å². The average Bonchev–Trinajstić information content (AvgIpc) is 4.58. The number of piperidine rings is 2. The molecule has 6 aliphatic heterocycles. The lowest BCUT2D eigenvalue weighted by molar-refractivity contribution is 0.0702. The molecule has 0 aliphatic carbocycles. The van der Waals surface area contributed by atoms with Gasteiger partial charge in [0.15, 0.2) is 0 Å². The summed E-state index contributed by atoms with van der Waals surface area (Å²) in [6, 6.07) is 16.4. The van der Waals surface area contributed by atoms with Gasteiger partial charge in [0.05, 0.1) is 33.1 Å². The Kier molecular flexibility index (Phi) is 18.2. The van der Waals surface area contributed by atoms with E-state index in [-0.39, 0.29) is 38.8 Å². The van der Waals surface area contributed by atoms with Gasteiger partial charge in [-0.25, -0.2) is 36.6 Å². The van der Waals surface area contributed by atoms with Gasteiger partial charge in [-0.05, 0) is 148 Å². The highest BCUT2D eigenvalue weighted by molar-refractivity contribution is 9.10. The number of anilines is 3. The molecular weight excluding hydrogens is 1180 g/mol. The smallest absolute Gasteiger partial charge is 0.278 e. The Morgan fingerprint density at radius 1 is 0.723 bits per heavy atom. The van der Waals surface area contributed by atoms with Crippen molar-refractivity contribution in [2.24, 2.45) is 0 Å². The van der Waals surface area contributed by atoms with Crippen LogP contribution in [0.2, 0.25) is 25.7 Å². The second kappa shape index (κ2) is 25.0. The van der Waals surface area contributed by atoms with Crippen LogP contribution in [0.3, 0.4) is 0 Å². The predicted molar refractivity (Wildman–Crippen MR) is 322 cm³/mol. The zero-order valence-electron chi connectivity index (χ0n) is 48.5. The molecular formula is C56H77BrN14O9S2Si. The highest BCUT2D eigenvalue weighted by Gasteiger charge is 2.46. The summed E-state index contributed by atoms with van der Waals surface area (Å²) in [5, 5.41) is 14.1. The molecule has 27 heteroatoms. The number of rotatable bonds is 15. The quantitative estimate of drug-likeness (QED) is 0.0505.